The van der Waals surface area contributed by atoms with Crippen LogP contribution < -0.4 is 50.4 Å². The molecule has 0 aromatic rings. The van der Waals surface area contributed by atoms with Gasteiger partial charge in [-0.2, -0.15) is 0 Å². The Labute approximate surface area is 307 Å². The van der Waals surface area contributed by atoms with E-state index in [1.807, 2.05) is 6.92 Å². The first kappa shape index (κ1) is 37.9. The monoisotopic (exact) mass is 742 g/mol. The zero-order valence-electron chi connectivity index (χ0n) is 30.3. The van der Waals surface area contributed by atoms with Crippen molar-refractivity contribution in [2.75, 3.05) is 39.3 Å². The Morgan fingerprint density at radius 2 is 1.23 bits per heavy atom. The van der Waals surface area contributed by atoms with Crippen molar-refractivity contribution in [2.45, 2.75) is 57.4 Å². The summed E-state index contributed by atoms with van der Waals surface area (Å²) in [5.74, 6) is -3.66. The molecule has 3 saturated carbocycles. The predicted octanol–water partition coefficient (Wildman–Crippen LogP) is -5.09. The molecule has 53 heavy (non-hydrogen) atoms. The molecule has 0 aromatic heterocycles. The van der Waals surface area contributed by atoms with Gasteiger partial charge in [-0.25, -0.2) is 4.79 Å². The molecule has 0 aromatic carbocycles. The first-order valence-electron chi connectivity index (χ1n) is 18.4. The number of guanidine groups is 3. The lowest BCUT2D eigenvalue weighted by Gasteiger charge is -2.36. The SMILES string of the molecule is CC[C@H](C)[C@H](NC(=O)[C@H](C)NC(=O)[C@@H]1[C@H]2[C@H](CN=C(N)N)[C@H]2CN1C(=O)[C@@H]1[C@H]2[C@H](CN=C(N)N)[C@H]2CN1C(=O)[C@H]1NC[C@@H]2[C@@H](CN=C(N)N)[C@@H]21)C(=O)O. The summed E-state index contributed by atoms with van der Waals surface area (Å²) in [5, 5.41) is 18.3. The number of rotatable bonds is 15. The molecule has 292 valence electrons. The van der Waals surface area contributed by atoms with Crippen LogP contribution >= 0.6 is 0 Å². The number of amides is 4. The lowest BCUT2D eigenvalue weighted by Crippen LogP contribution is -2.60. The molecule has 0 unspecified atom stereocenters. The van der Waals surface area contributed by atoms with Crippen LogP contribution in [0.25, 0.3) is 0 Å². The minimum absolute atomic E-state index is 0.000258. The van der Waals surface area contributed by atoms with Gasteiger partial charge in [0.2, 0.25) is 23.6 Å². The molecular formula is C33H54N14O6. The molecule has 0 spiro atoms. The maximum absolute atomic E-state index is 14.8. The zero-order valence-corrected chi connectivity index (χ0v) is 30.3. The molecule has 6 fully saturated rings. The molecule has 6 aliphatic rings. The molecule has 4 amide bonds. The Bertz CT molecular complexity index is 1590. The third kappa shape index (κ3) is 7.24. The van der Waals surface area contributed by atoms with Crippen LogP contribution in [0.4, 0.5) is 0 Å². The van der Waals surface area contributed by atoms with Crippen LogP contribution in [0.5, 0.6) is 0 Å². The van der Waals surface area contributed by atoms with Gasteiger partial charge >= 0.3 is 5.97 Å². The molecule has 3 saturated heterocycles. The number of nitrogens with two attached hydrogens (primary N) is 6. The Morgan fingerprint density at radius 1 is 0.736 bits per heavy atom. The van der Waals surface area contributed by atoms with Gasteiger partial charge in [0.05, 0.1) is 6.04 Å². The van der Waals surface area contributed by atoms with E-state index in [-0.39, 0.29) is 102 Å². The number of carboxylic acid groups (broad SMARTS) is 1. The average Bonchev–Trinajstić information content (AvgIpc) is 3.96. The second kappa shape index (κ2) is 14.5. The van der Waals surface area contributed by atoms with Crippen molar-refractivity contribution in [2.24, 2.45) is 109 Å². The highest BCUT2D eigenvalue weighted by Gasteiger charge is 2.70. The Hall–Kier alpha value is -4.88. The predicted molar refractivity (Wildman–Crippen MR) is 193 cm³/mol. The molecule has 3 heterocycles. The van der Waals surface area contributed by atoms with Gasteiger partial charge in [0, 0.05) is 32.7 Å². The summed E-state index contributed by atoms with van der Waals surface area (Å²) >= 11 is 0. The van der Waals surface area contributed by atoms with Crippen LogP contribution in [0.1, 0.15) is 27.2 Å². The van der Waals surface area contributed by atoms with Gasteiger partial charge in [0.1, 0.15) is 24.2 Å². The van der Waals surface area contributed by atoms with E-state index in [4.69, 9.17) is 34.4 Å². The third-order valence-corrected chi connectivity index (χ3v) is 12.7. The Kier molecular flexibility index (Phi) is 10.4. The number of likely N-dealkylation sites (tertiary alicyclic amines) is 2. The summed E-state index contributed by atoms with van der Waals surface area (Å²) < 4.78 is 0. The number of aliphatic carboxylic acids is 1. The summed E-state index contributed by atoms with van der Waals surface area (Å²) in [6, 6.07) is -4.56. The second-order valence-electron chi connectivity index (χ2n) is 15.7. The maximum Gasteiger partial charge on any atom is 0.326 e. The van der Waals surface area contributed by atoms with Gasteiger partial charge in [-0.05, 0) is 72.6 Å². The van der Waals surface area contributed by atoms with Crippen LogP contribution in [-0.4, -0.2) is 132 Å². The molecule has 20 nitrogen and oxygen atoms in total. The van der Waals surface area contributed by atoms with Gasteiger partial charge in [0.15, 0.2) is 17.9 Å². The highest BCUT2D eigenvalue weighted by atomic mass is 16.4. The van der Waals surface area contributed by atoms with Crippen LogP contribution in [-0.2, 0) is 24.0 Å². The number of carbonyl (C=O) groups is 5. The van der Waals surface area contributed by atoms with E-state index in [1.54, 1.807) is 11.8 Å². The quantitative estimate of drug-likeness (QED) is 0.0555. The summed E-state index contributed by atoms with van der Waals surface area (Å²) in [5.41, 5.74) is 33.6. The summed E-state index contributed by atoms with van der Waals surface area (Å²) in [6.45, 7) is 7.24. The number of aliphatic imine (C=N–C) groups is 3. The van der Waals surface area contributed by atoms with Gasteiger partial charge in [-0.15, -0.1) is 0 Å². The van der Waals surface area contributed by atoms with E-state index in [0.717, 1.165) is 0 Å². The summed E-state index contributed by atoms with van der Waals surface area (Å²) in [4.78, 5) is 84.0. The third-order valence-electron chi connectivity index (χ3n) is 12.7. The number of nitrogens with zero attached hydrogens (tertiary/aromatic N) is 5. The average molecular weight is 743 g/mol. The molecular weight excluding hydrogens is 688 g/mol. The van der Waals surface area contributed by atoms with E-state index < -0.39 is 48.0 Å². The van der Waals surface area contributed by atoms with Gasteiger partial charge < -0.3 is 65.3 Å². The number of carbonyl (C=O) groups excluding carboxylic acids is 4. The number of piperidine rings is 3. The molecule has 16 N–H and O–H groups in total. The smallest absolute Gasteiger partial charge is 0.326 e. The molecule has 3 aliphatic carbocycles. The number of hydrogen-bond acceptors (Lipinski definition) is 9. The Balaban J connectivity index is 1.22. The highest BCUT2D eigenvalue weighted by Crippen LogP contribution is 2.60. The normalized spacial score (nSPS) is 35.7. The standard InChI is InChI=1S/C33H54N14O6/c1-4-11(2)22(30(52)53)45-26(48)12(3)44-27(49)24-20-15(7-42-32(36)37)17(20)9-46(24)29(51)25-21-16(8-43-33(38)39)18(21)10-47(25)28(50)23-19-13(5-40-23)14(19)6-41-31(34)35/h11-25,40H,4-10H2,1-3H3,(H,44,49)(H,45,48)(H,52,53)(H4,34,35,41)(H4,36,37,42)(H4,38,39,43)/t11-,12-,13+,14+,15+,16+,17+,18+,19+,20-,21-,22-,23-,24-,25-/m0/s1. The fourth-order valence-electron chi connectivity index (χ4n) is 9.55. The highest BCUT2D eigenvalue weighted by molar-refractivity contribution is 5.97. The first-order chi connectivity index (χ1) is 25.1. The van der Waals surface area contributed by atoms with Crippen molar-refractivity contribution in [3.63, 3.8) is 0 Å². The number of fused-ring (bicyclic) bond motifs is 3. The van der Waals surface area contributed by atoms with Crippen molar-refractivity contribution >= 4 is 47.5 Å². The fourth-order valence-corrected chi connectivity index (χ4v) is 9.55. The largest absolute Gasteiger partial charge is 0.480 e. The topological polar surface area (TPSA) is 341 Å². The fraction of sp³-hybridized carbons (Fsp3) is 0.758. The lowest BCUT2D eigenvalue weighted by atomic mass is 9.99. The van der Waals surface area contributed by atoms with E-state index in [9.17, 15) is 29.1 Å². The van der Waals surface area contributed by atoms with E-state index >= 15 is 0 Å². The van der Waals surface area contributed by atoms with Crippen molar-refractivity contribution < 1.29 is 29.1 Å². The van der Waals surface area contributed by atoms with Crippen molar-refractivity contribution in [1.29, 1.82) is 0 Å². The second-order valence-corrected chi connectivity index (χ2v) is 15.7. The zero-order chi connectivity index (χ0) is 38.6. The first-order valence-corrected chi connectivity index (χ1v) is 18.4. The lowest BCUT2D eigenvalue weighted by molar-refractivity contribution is -0.150. The van der Waals surface area contributed by atoms with E-state index in [2.05, 4.69) is 30.9 Å². The van der Waals surface area contributed by atoms with Crippen molar-refractivity contribution in [3.05, 3.63) is 0 Å². The van der Waals surface area contributed by atoms with Gasteiger partial charge in [-0.3, -0.25) is 34.2 Å². The van der Waals surface area contributed by atoms with E-state index in [1.165, 1.54) is 11.8 Å². The molecule has 0 radical (unpaired) electrons. The summed E-state index contributed by atoms with van der Waals surface area (Å²) in [6.07, 6.45) is 0.517. The van der Waals surface area contributed by atoms with Crippen LogP contribution in [0.2, 0.25) is 0 Å². The van der Waals surface area contributed by atoms with Gasteiger partial charge in [-0.1, -0.05) is 20.3 Å². The van der Waals surface area contributed by atoms with Crippen molar-refractivity contribution in [3.8, 4) is 0 Å². The van der Waals surface area contributed by atoms with Crippen LogP contribution in [0.15, 0.2) is 15.0 Å². The molecule has 6 rings (SSSR count). The van der Waals surface area contributed by atoms with Crippen LogP contribution in [0.3, 0.4) is 0 Å². The minimum Gasteiger partial charge on any atom is -0.480 e. The number of nitrogens with one attached hydrogen (secondary N) is 3. The molecule has 0 bridgehead atoms. The number of carboxylic acids is 1. The minimum atomic E-state index is -1.18. The van der Waals surface area contributed by atoms with Gasteiger partial charge in [0.25, 0.3) is 0 Å². The Morgan fingerprint density at radius 3 is 1.72 bits per heavy atom. The van der Waals surface area contributed by atoms with Crippen LogP contribution in [0, 0.1) is 59.2 Å². The number of hydrogen-bond donors (Lipinski definition) is 10. The maximum atomic E-state index is 14.8. The molecule has 15 atom stereocenters. The van der Waals surface area contributed by atoms with Crippen molar-refractivity contribution in [1.82, 2.24) is 25.8 Å². The molecule has 3 aliphatic heterocycles. The van der Waals surface area contributed by atoms with E-state index in [0.29, 0.717) is 32.6 Å². The summed E-state index contributed by atoms with van der Waals surface area (Å²) in [7, 11) is 0. The molecule has 20 heteroatoms.